The molecule has 0 saturated carbocycles. The summed E-state index contributed by atoms with van der Waals surface area (Å²) >= 11 is 0. The van der Waals surface area contributed by atoms with Gasteiger partial charge in [-0.05, 0) is 30.7 Å². The molecule has 0 bridgehead atoms. The van der Waals surface area contributed by atoms with Gasteiger partial charge < -0.3 is 14.7 Å². The van der Waals surface area contributed by atoms with E-state index in [1.54, 1.807) is 25.6 Å². The van der Waals surface area contributed by atoms with Crippen LogP contribution in [0.5, 0.6) is 5.75 Å². The zero-order valence-corrected chi connectivity index (χ0v) is 15.0. The largest absolute Gasteiger partial charge is 0.490 e. The minimum atomic E-state index is -0.935. The van der Waals surface area contributed by atoms with E-state index in [2.05, 4.69) is 27.9 Å². The molecule has 1 aliphatic heterocycles. The van der Waals surface area contributed by atoms with E-state index in [1.165, 1.54) is 10.5 Å². The smallest absolute Gasteiger partial charge is 0.323 e. The Hall–Kier alpha value is -3.42. The van der Waals surface area contributed by atoms with Gasteiger partial charge in [0.2, 0.25) is 5.95 Å². The van der Waals surface area contributed by atoms with E-state index in [4.69, 9.17) is 9.84 Å². The molecular formula is C19H19N5O3. The number of nitrogens with zero attached hydrogens (tertiary/aromatic N) is 5. The van der Waals surface area contributed by atoms with E-state index in [0.29, 0.717) is 11.8 Å². The van der Waals surface area contributed by atoms with Crippen molar-refractivity contribution in [3.63, 3.8) is 0 Å². The van der Waals surface area contributed by atoms with Crippen molar-refractivity contribution in [2.45, 2.75) is 19.4 Å². The van der Waals surface area contributed by atoms with Crippen molar-refractivity contribution in [2.24, 2.45) is 0 Å². The summed E-state index contributed by atoms with van der Waals surface area (Å²) in [7, 11) is 1.64. The number of carbonyl (C=O) groups is 1. The normalized spacial score (nSPS) is 15.3. The number of aliphatic carboxylic acids is 1. The number of aromatic nitrogens is 4. The highest BCUT2D eigenvalue weighted by molar-refractivity contribution is 5.72. The van der Waals surface area contributed by atoms with Gasteiger partial charge in [0, 0.05) is 43.9 Å². The second-order valence-electron chi connectivity index (χ2n) is 6.57. The van der Waals surface area contributed by atoms with Crippen molar-refractivity contribution in [2.75, 3.05) is 18.5 Å². The van der Waals surface area contributed by atoms with Gasteiger partial charge in [-0.3, -0.25) is 9.36 Å². The highest BCUT2D eigenvalue weighted by atomic mass is 16.5. The van der Waals surface area contributed by atoms with Crippen LogP contribution in [0.1, 0.15) is 12.5 Å². The SMILES string of the molecule is CC1Cc2cc(-n3ccnc3-c3cnc(N(C)CC(=O)O)nc3)ccc2O1. The van der Waals surface area contributed by atoms with Crippen molar-refractivity contribution in [1.29, 1.82) is 0 Å². The number of anilines is 1. The lowest BCUT2D eigenvalue weighted by Gasteiger charge is -2.14. The Kier molecular flexibility index (Phi) is 4.23. The van der Waals surface area contributed by atoms with Gasteiger partial charge >= 0.3 is 5.97 Å². The monoisotopic (exact) mass is 365 g/mol. The lowest BCUT2D eigenvalue weighted by Crippen LogP contribution is -2.26. The maximum Gasteiger partial charge on any atom is 0.323 e. The maximum atomic E-state index is 10.8. The number of benzene rings is 1. The number of imidazole rings is 1. The van der Waals surface area contributed by atoms with Gasteiger partial charge in [-0.15, -0.1) is 0 Å². The zero-order valence-electron chi connectivity index (χ0n) is 15.0. The van der Waals surface area contributed by atoms with Crippen molar-refractivity contribution in [3.05, 3.63) is 48.5 Å². The van der Waals surface area contributed by atoms with Crippen molar-refractivity contribution in [3.8, 4) is 22.8 Å². The van der Waals surface area contributed by atoms with E-state index in [9.17, 15) is 4.79 Å². The van der Waals surface area contributed by atoms with Gasteiger partial charge in [-0.25, -0.2) is 15.0 Å². The summed E-state index contributed by atoms with van der Waals surface area (Å²) in [5.41, 5.74) is 2.92. The number of rotatable bonds is 5. The number of carboxylic acids is 1. The summed E-state index contributed by atoms with van der Waals surface area (Å²) < 4.78 is 7.74. The van der Waals surface area contributed by atoms with Crippen LogP contribution in [-0.2, 0) is 11.2 Å². The van der Waals surface area contributed by atoms with Crippen molar-refractivity contribution >= 4 is 11.9 Å². The molecule has 1 unspecified atom stereocenters. The molecule has 8 nitrogen and oxygen atoms in total. The molecule has 1 aliphatic rings. The predicted molar refractivity (Wildman–Crippen MR) is 99.3 cm³/mol. The Morgan fingerprint density at radius 3 is 2.85 bits per heavy atom. The third-order valence-electron chi connectivity index (χ3n) is 4.41. The summed E-state index contributed by atoms with van der Waals surface area (Å²) in [6, 6.07) is 6.09. The molecule has 4 rings (SSSR count). The standard InChI is InChI=1S/C19H19N5O3/c1-12-7-13-8-15(3-4-16(13)27-12)24-6-5-20-18(24)14-9-21-19(22-10-14)23(2)11-17(25)26/h3-6,8-10,12H,7,11H2,1-2H3,(H,25,26). The van der Waals surface area contributed by atoms with E-state index in [1.807, 2.05) is 22.9 Å². The Morgan fingerprint density at radius 1 is 1.33 bits per heavy atom. The number of carboxylic acid groups (broad SMARTS) is 1. The molecule has 0 radical (unpaired) electrons. The van der Waals surface area contributed by atoms with Crippen LogP contribution in [0, 0.1) is 0 Å². The second-order valence-corrected chi connectivity index (χ2v) is 6.57. The van der Waals surface area contributed by atoms with E-state index in [0.717, 1.165) is 23.4 Å². The second kappa shape index (κ2) is 6.71. The van der Waals surface area contributed by atoms with Gasteiger partial charge in [0.25, 0.3) is 0 Å². The summed E-state index contributed by atoms with van der Waals surface area (Å²) in [4.78, 5) is 25.3. The third-order valence-corrected chi connectivity index (χ3v) is 4.41. The Morgan fingerprint density at radius 2 is 2.11 bits per heavy atom. The van der Waals surface area contributed by atoms with E-state index in [-0.39, 0.29) is 12.6 Å². The van der Waals surface area contributed by atoms with Crippen LogP contribution in [0.25, 0.3) is 17.1 Å². The highest BCUT2D eigenvalue weighted by Crippen LogP contribution is 2.31. The summed E-state index contributed by atoms with van der Waals surface area (Å²) in [5.74, 6) is 1.06. The maximum absolute atomic E-state index is 10.8. The van der Waals surface area contributed by atoms with Gasteiger partial charge in [0.1, 0.15) is 24.2 Å². The summed E-state index contributed by atoms with van der Waals surface area (Å²) in [5, 5.41) is 8.88. The van der Waals surface area contributed by atoms with Crippen LogP contribution in [0.4, 0.5) is 5.95 Å². The topological polar surface area (TPSA) is 93.4 Å². The molecule has 3 heterocycles. The van der Waals surface area contributed by atoms with Gasteiger partial charge in [-0.1, -0.05) is 0 Å². The number of ether oxygens (including phenoxy) is 1. The van der Waals surface area contributed by atoms with Gasteiger partial charge in [0.15, 0.2) is 0 Å². The molecule has 0 aliphatic carbocycles. The molecule has 0 saturated heterocycles. The minimum absolute atomic E-state index is 0.163. The Labute approximate surface area is 156 Å². The molecule has 0 amide bonds. The first kappa shape index (κ1) is 17.0. The first-order valence-corrected chi connectivity index (χ1v) is 8.60. The average molecular weight is 365 g/mol. The molecule has 3 aromatic rings. The van der Waals surface area contributed by atoms with Crippen LogP contribution in [-0.4, -0.2) is 50.3 Å². The number of fused-ring (bicyclic) bond motifs is 1. The molecule has 1 N–H and O–H groups in total. The third kappa shape index (κ3) is 3.33. The lowest BCUT2D eigenvalue weighted by molar-refractivity contribution is -0.135. The quantitative estimate of drug-likeness (QED) is 0.740. The fraction of sp³-hybridized carbons (Fsp3) is 0.263. The van der Waals surface area contributed by atoms with E-state index < -0.39 is 5.97 Å². The van der Waals surface area contributed by atoms with Crippen LogP contribution < -0.4 is 9.64 Å². The molecule has 0 fully saturated rings. The zero-order chi connectivity index (χ0) is 19.0. The van der Waals surface area contributed by atoms with Crippen molar-refractivity contribution < 1.29 is 14.6 Å². The molecule has 1 atom stereocenters. The first-order valence-electron chi connectivity index (χ1n) is 8.60. The fourth-order valence-electron chi connectivity index (χ4n) is 3.19. The summed E-state index contributed by atoms with van der Waals surface area (Å²) in [6.45, 7) is 1.90. The van der Waals surface area contributed by atoms with Gasteiger partial charge in [-0.2, -0.15) is 0 Å². The van der Waals surface area contributed by atoms with Crippen LogP contribution in [0.3, 0.4) is 0 Å². The lowest BCUT2D eigenvalue weighted by atomic mass is 10.1. The number of likely N-dealkylation sites (N-methyl/N-ethyl adjacent to an activating group) is 1. The molecule has 2 aromatic heterocycles. The first-order chi connectivity index (χ1) is 13.0. The summed E-state index contributed by atoms with van der Waals surface area (Å²) in [6.07, 6.45) is 8.01. The molecule has 27 heavy (non-hydrogen) atoms. The number of hydrogen-bond acceptors (Lipinski definition) is 6. The Bertz CT molecular complexity index is 983. The molecule has 8 heteroatoms. The molecule has 138 valence electrons. The molecule has 1 aromatic carbocycles. The minimum Gasteiger partial charge on any atom is -0.490 e. The van der Waals surface area contributed by atoms with Crippen LogP contribution in [0.2, 0.25) is 0 Å². The molecular weight excluding hydrogens is 346 g/mol. The molecule has 0 spiro atoms. The van der Waals surface area contributed by atoms with E-state index >= 15 is 0 Å². The number of hydrogen-bond donors (Lipinski definition) is 1. The van der Waals surface area contributed by atoms with Crippen LogP contribution in [0.15, 0.2) is 43.0 Å². The predicted octanol–water partition coefficient (Wildman–Crippen LogP) is 2.17. The van der Waals surface area contributed by atoms with Crippen molar-refractivity contribution in [1.82, 2.24) is 19.5 Å². The van der Waals surface area contributed by atoms with Gasteiger partial charge in [0.05, 0.1) is 5.56 Å². The Balaban J connectivity index is 1.63. The average Bonchev–Trinajstić information content (AvgIpc) is 3.26. The van der Waals surface area contributed by atoms with Crippen LogP contribution >= 0.6 is 0 Å². The fourth-order valence-corrected chi connectivity index (χ4v) is 3.19. The highest BCUT2D eigenvalue weighted by Gasteiger charge is 2.20.